The first kappa shape index (κ1) is 13.8. The van der Waals surface area contributed by atoms with Crippen LogP contribution < -0.4 is 16.6 Å². The third-order valence-electron chi connectivity index (χ3n) is 3.89. The minimum atomic E-state index is 0.369. The summed E-state index contributed by atoms with van der Waals surface area (Å²) in [7, 11) is 0. The van der Waals surface area contributed by atoms with Crippen LogP contribution in [0.2, 0.25) is 0 Å². The summed E-state index contributed by atoms with van der Waals surface area (Å²) >= 11 is 0. The second kappa shape index (κ2) is 6.10. The molecule has 0 amide bonds. The molecule has 0 radical (unpaired) electrons. The van der Waals surface area contributed by atoms with Crippen LogP contribution in [-0.2, 0) is 0 Å². The number of nitrogens with two attached hydrogens (primary N) is 1. The molecule has 1 aromatic heterocycles. The Morgan fingerprint density at radius 2 is 2.05 bits per heavy atom. The van der Waals surface area contributed by atoms with E-state index in [1.54, 1.807) is 0 Å². The first-order valence-corrected chi connectivity index (χ1v) is 7.44. The molecule has 3 rings (SSSR count). The van der Waals surface area contributed by atoms with Gasteiger partial charge in [-0.25, -0.2) is 10.8 Å². The van der Waals surface area contributed by atoms with Crippen molar-refractivity contribution >= 4 is 22.5 Å². The Morgan fingerprint density at radius 3 is 2.81 bits per heavy atom. The third-order valence-corrected chi connectivity index (χ3v) is 3.89. The van der Waals surface area contributed by atoms with Gasteiger partial charge in [-0.3, -0.25) is 10.4 Å². The van der Waals surface area contributed by atoms with Crippen molar-refractivity contribution in [1.82, 2.24) is 10.4 Å². The lowest BCUT2D eigenvalue weighted by molar-refractivity contribution is 0.700. The van der Waals surface area contributed by atoms with Gasteiger partial charge < -0.3 is 5.32 Å². The summed E-state index contributed by atoms with van der Waals surface area (Å²) in [5.41, 5.74) is 5.52. The van der Waals surface area contributed by atoms with E-state index < -0.39 is 0 Å². The average Bonchev–Trinajstić information content (AvgIpc) is 3.00. The van der Waals surface area contributed by atoms with E-state index in [0.717, 1.165) is 35.1 Å². The van der Waals surface area contributed by atoms with E-state index in [1.165, 1.54) is 12.8 Å². The van der Waals surface area contributed by atoms with Crippen molar-refractivity contribution in [2.75, 3.05) is 5.32 Å². The number of nitrogens with one attached hydrogen (secondary N) is 2. The lowest BCUT2D eigenvalue weighted by Gasteiger charge is -2.13. The summed E-state index contributed by atoms with van der Waals surface area (Å²) in [6.07, 6.45) is 4.78. The summed E-state index contributed by atoms with van der Waals surface area (Å²) in [4.78, 5) is 9.27. The summed E-state index contributed by atoms with van der Waals surface area (Å²) in [5, 5.41) is 4.38. The predicted octanol–water partition coefficient (Wildman–Crippen LogP) is 2.72. The smallest absolute Gasteiger partial charge is 0.210 e. The van der Waals surface area contributed by atoms with Gasteiger partial charge in [0.1, 0.15) is 0 Å². The molecule has 0 spiro atoms. The molecular weight excluding hydrogens is 262 g/mol. The van der Waals surface area contributed by atoms with E-state index in [2.05, 4.69) is 32.9 Å². The van der Waals surface area contributed by atoms with Crippen LogP contribution in [0.15, 0.2) is 35.3 Å². The Labute approximate surface area is 124 Å². The quantitative estimate of drug-likeness (QED) is 0.343. The highest BCUT2D eigenvalue weighted by molar-refractivity contribution is 6.01. The van der Waals surface area contributed by atoms with Gasteiger partial charge in [-0.05, 0) is 31.9 Å². The van der Waals surface area contributed by atoms with Crippen LogP contribution in [-0.4, -0.2) is 17.0 Å². The van der Waals surface area contributed by atoms with Gasteiger partial charge in [-0.15, -0.1) is 0 Å². The second-order valence-corrected chi connectivity index (χ2v) is 5.52. The van der Waals surface area contributed by atoms with E-state index >= 15 is 0 Å². The average molecular weight is 283 g/mol. The van der Waals surface area contributed by atoms with Gasteiger partial charge in [-0.2, -0.15) is 0 Å². The molecule has 0 saturated heterocycles. The normalized spacial score (nSPS) is 16.4. The Hall–Kier alpha value is -2.14. The molecule has 1 aromatic carbocycles. The number of hydrogen-bond donors (Lipinski definition) is 3. The topological polar surface area (TPSA) is 75.3 Å². The lowest BCUT2D eigenvalue weighted by Crippen LogP contribution is -2.37. The van der Waals surface area contributed by atoms with Crippen molar-refractivity contribution in [3.63, 3.8) is 0 Å². The minimum absolute atomic E-state index is 0.369. The zero-order valence-electron chi connectivity index (χ0n) is 12.3. The van der Waals surface area contributed by atoms with Crippen LogP contribution in [0.3, 0.4) is 0 Å². The standard InChI is InChI=1S/C16H21N5/c1-11-9-10-12-5-4-8-14(15(12)18-11)20-16(21-17)19-13-6-2-3-7-13/h4-5,8-10,13H,2-3,6-7,17H2,1H3,(H2,19,20,21). The number of nitrogens with zero attached hydrogens (tertiary/aromatic N) is 2. The van der Waals surface area contributed by atoms with Gasteiger partial charge in [0.15, 0.2) is 0 Å². The number of hydrogen-bond acceptors (Lipinski definition) is 3. The van der Waals surface area contributed by atoms with Crippen LogP contribution in [0, 0.1) is 6.92 Å². The molecule has 4 N–H and O–H groups in total. The number of hydrazine groups is 1. The van der Waals surface area contributed by atoms with Crippen molar-refractivity contribution in [1.29, 1.82) is 0 Å². The molecule has 0 bridgehead atoms. The maximum atomic E-state index is 5.61. The number of fused-ring (bicyclic) bond motifs is 1. The van der Waals surface area contributed by atoms with Crippen LogP contribution in [0.5, 0.6) is 0 Å². The van der Waals surface area contributed by atoms with E-state index in [4.69, 9.17) is 5.84 Å². The molecular formula is C16H21N5. The maximum Gasteiger partial charge on any atom is 0.210 e. The summed E-state index contributed by atoms with van der Waals surface area (Å²) < 4.78 is 0. The number of benzene rings is 1. The first-order valence-electron chi connectivity index (χ1n) is 7.44. The number of para-hydroxylation sites is 1. The largest absolute Gasteiger partial charge is 0.323 e. The van der Waals surface area contributed by atoms with E-state index in [9.17, 15) is 0 Å². The van der Waals surface area contributed by atoms with Crippen LogP contribution in [0.1, 0.15) is 31.4 Å². The monoisotopic (exact) mass is 283 g/mol. The molecule has 0 aliphatic heterocycles. The molecule has 1 aliphatic carbocycles. The molecule has 0 atom stereocenters. The van der Waals surface area contributed by atoms with E-state index in [-0.39, 0.29) is 0 Å². The number of aryl methyl sites for hydroxylation is 1. The van der Waals surface area contributed by atoms with Gasteiger partial charge in [0.05, 0.1) is 17.2 Å². The van der Waals surface area contributed by atoms with Crippen molar-refractivity contribution < 1.29 is 0 Å². The number of aromatic nitrogens is 1. The van der Waals surface area contributed by atoms with Crippen LogP contribution in [0.25, 0.3) is 10.9 Å². The highest BCUT2D eigenvalue weighted by atomic mass is 15.3. The Balaban J connectivity index is 1.90. The number of rotatable bonds is 2. The fourth-order valence-corrected chi connectivity index (χ4v) is 2.79. The van der Waals surface area contributed by atoms with Gasteiger partial charge >= 0.3 is 0 Å². The molecule has 1 heterocycles. The molecule has 2 aromatic rings. The molecule has 21 heavy (non-hydrogen) atoms. The van der Waals surface area contributed by atoms with Crippen LogP contribution in [0.4, 0.5) is 5.69 Å². The highest BCUT2D eigenvalue weighted by Crippen LogP contribution is 2.23. The number of anilines is 1. The van der Waals surface area contributed by atoms with Gasteiger partial charge in [0.25, 0.3) is 0 Å². The lowest BCUT2D eigenvalue weighted by atomic mass is 10.2. The van der Waals surface area contributed by atoms with Crippen molar-refractivity contribution in [2.24, 2.45) is 10.8 Å². The molecule has 1 fully saturated rings. The van der Waals surface area contributed by atoms with Gasteiger partial charge in [-0.1, -0.05) is 31.0 Å². The zero-order chi connectivity index (χ0) is 14.7. The fraction of sp³-hybridized carbons (Fsp3) is 0.375. The van der Waals surface area contributed by atoms with Crippen molar-refractivity contribution in [3.8, 4) is 0 Å². The third kappa shape index (κ3) is 3.13. The van der Waals surface area contributed by atoms with E-state index in [0.29, 0.717) is 12.0 Å². The number of guanidine groups is 1. The van der Waals surface area contributed by atoms with Gasteiger partial charge in [0.2, 0.25) is 5.96 Å². The molecule has 5 heteroatoms. The Kier molecular flexibility index (Phi) is 4.01. The summed E-state index contributed by atoms with van der Waals surface area (Å²) in [6, 6.07) is 10.5. The molecule has 1 saturated carbocycles. The predicted molar refractivity (Wildman–Crippen MR) is 87.1 cm³/mol. The first-order chi connectivity index (χ1) is 10.3. The molecule has 0 unspecified atom stereocenters. The Bertz CT molecular complexity index is 659. The van der Waals surface area contributed by atoms with Crippen molar-refractivity contribution in [2.45, 2.75) is 38.6 Å². The summed E-state index contributed by atoms with van der Waals surface area (Å²) in [5.74, 6) is 6.22. The zero-order valence-corrected chi connectivity index (χ0v) is 12.3. The number of pyridine rings is 1. The maximum absolute atomic E-state index is 5.61. The minimum Gasteiger partial charge on any atom is -0.323 e. The fourth-order valence-electron chi connectivity index (χ4n) is 2.79. The van der Waals surface area contributed by atoms with Gasteiger partial charge in [0, 0.05) is 11.1 Å². The molecule has 1 aliphatic rings. The second-order valence-electron chi connectivity index (χ2n) is 5.52. The summed E-state index contributed by atoms with van der Waals surface area (Å²) in [6.45, 7) is 1.99. The van der Waals surface area contributed by atoms with Crippen LogP contribution >= 0.6 is 0 Å². The Morgan fingerprint density at radius 1 is 1.24 bits per heavy atom. The molecule has 110 valence electrons. The highest BCUT2D eigenvalue weighted by Gasteiger charge is 2.15. The molecule has 5 nitrogen and oxygen atoms in total. The SMILES string of the molecule is Cc1ccc2cccc(NC(=NC3CCCC3)NN)c2n1. The number of aliphatic imine (C=N–C) groups is 1. The van der Waals surface area contributed by atoms with Crippen molar-refractivity contribution in [3.05, 3.63) is 36.0 Å². The van der Waals surface area contributed by atoms with E-state index in [1.807, 2.05) is 25.1 Å².